The molecule has 3 heterocycles. The van der Waals surface area contributed by atoms with E-state index in [1.165, 1.54) is 0 Å². The summed E-state index contributed by atoms with van der Waals surface area (Å²) in [4.78, 5) is 15.2. The second kappa shape index (κ2) is 6.08. The molecule has 1 spiro atoms. The summed E-state index contributed by atoms with van der Waals surface area (Å²) in [5.41, 5.74) is 0.277. The van der Waals surface area contributed by atoms with Crippen molar-refractivity contribution in [2.75, 3.05) is 19.7 Å². The molecular weight excluding hydrogens is 382 g/mol. The topological polar surface area (TPSA) is 79.2 Å². The Morgan fingerprint density at radius 1 is 1.29 bits per heavy atom. The lowest BCUT2D eigenvalue weighted by molar-refractivity contribution is -0.191. The van der Waals surface area contributed by atoms with Crippen LogP contribution in [0.4, 0.5) is 0 Å². The lowest BCUT2D eigenvalue weighted by Crippen LogP contribution is -2.76. The Kier molecular flexibility index (Phi) is 4.05. The van der Waals surface area contributed by atoms with Crippen LogP contribution in [0.2, 0.25) is 0 Å². The van der Waals surface area contributed by atoms with Crippen molar-refractivity contribution in [1.82, 2.24) is 4.90 Å². The minimum atomic E-state index is -1.01. The highest BCUT2D eigenvalue weighted by Gasteiger charge is 2.73. The minimum absolute atomic E-state index is 0. The molecule has 0 amide bonds. The van der Waals surface area contributed by atoms with Gasteiger partial charge in [-0.15, -0.1) is 12.4 Å². The van der Waals surface area contributed by atoms with Crippen molar-refractivity contribution in [2.45, 2.75) is 67.8 Å². The summed E-state index contributed by atoms with van der Waals surface area (Å²) in [6, 6.07) is 3.57. The SMILES string of the molecule is Cl.O=C1CC[C@@]2(O)[C@H]3Cc4ccc(O)c5c4[C@@]2(CCN3CC2CCCO2)[C@H]1O5. The highest BCUT2D eigenvalue weighted by Crippen LogP contribution is 2.64. The first kappa shape index (κ1) is 18.7. The van der Waals surface area contributed by atoms with Gasteiger partial charge in [0, 0.05) is 31.2 Å². The fourth-order valence-electron chi connectivity index (χ4n) is 6.68. The van der Waals surface area contributed by atoms with Crippen LogP contribution in [0.1, 0.15) is 43.2 Å². The van der Waals surface area contributed by atoms with Gasteiger partial charge in [-0.2, -0.15) is 0 Å². The summed E-state index contributed by atoms with van der Waals surface area (Å²) in [7, 11) is 0. The van der Waals surface area contributed by atoms with Gasteiger partial charge in [-0.25, -0.2) is 0 Å². The molecule has 5 atom stereocenters. The number of carbonyl (C=O) groups is 1. The zero-order valence-electron chi connectivity index (χ0n) is 15.7. The number of phenolic OH excluding ortho intramolecular Hbond substituents is 1. The maximum Gasteiger partial charge on any atom is 0.174 e. The Bertz CT molecular complexity index is 840. The largest absolute Gasteiger partial charge is 0.504 e. The highest BCUT2D eigenvalue weighted by molar-refractivity contribution is 5.90. The second-order valence-electron chi connectivity index (χ2n) is 8.91. The smallest absolute Gasteiger partial charge is 0.174 e. The number of rotatable bonds is 2. The van der Waals surface area contributed by atoms with Crippen molar-refractivity contribution in [3.8, 4) is 11.5 Å². The number of hydrogen-bond donors (Lipinski definition) is 2. The molecule has 0 radical (unpaired) electrons. The molecule has 2 saturated heterocycles. The van der Waals surface area contributed by atoms with Crippen LogP contribution in [0.15, 0.2) is 12.1 Å². The van der Waals surface area contributed by atoms with E-state index in [0.29, 0.717) is 25.0 Å². The number of likely N-dealkylation sites (tertiary alicyclic amines) is 1. The molecule has 6 rings (SSSR count). The predicted octanol–water partition coefficient (Wildman–Crippen LogP) is 1.72. The van der Waals surface area contributed by atoms with Crippen molar-refractivity contribution >= 4 is 18.2 Å². The van der Waals surface area contributed by atoms with E-state index in [-0.39, 0.29) is 36.1 Å². The Balaban J connectivity index is 0.00000171. The lowest BCUT2D eigenvalue weighted by atomic mass is 9.49. The van der Waals surface area contributed by atoms with E-state index in [9.17, 15) is 15.0 Å². The molecular formula is C21H26ClNO5. The first-order valence-corrected chi connectivity index (χ1v) is 10.2. The molecule has 0 aromatic heterocycles. The summed E-state index contributed by atoms with van der Waals surface area (Å²) >= 11 is 0. The highest BCUT2D eigenvalue weighted by atomic mass is 35.5. The molecule has 5 aliphatic rings. The van der Waals surface area contributed by atoms with E-state index in [4.69, 9.17) is 9.47 Å². The number of benzene rings is 1. The molecule has 2 bridgehead atoms. The first-order chi connectivity index (χ1) is 13.0. The first-order valence-electron chi connectivity index (χ1n) is 10.2. The van der Waals surface area contributed by atoms with Crippen LogP contribution in [0.25, 0.3) is 0 Å². The molecule has 3 fully saturated rings. The number of aromatic hydroxyl groups is 1. The summed E-state index contributed by atoms with van der Waals surface area (Å²) < 4.78 is 11.9. The third kappa shape index (κ3) is 2.07. The molecule has 1 saturated carbocycles. The van der Waals surface area contributed by atoms with Gasteiger partial charge in [0.05, 0.1) is 17.1 Å². The van der Waals surface area contributed by atoms with E-state index in [1.807, 2.05) is 6.07 Å². The number of carbonyl (C=O) groups excluding carboxylic acids is 1. The quantitative estimate of drug-likeness (QED) is 0.777. The number of ketones is 1. The molecule has 1 aromatic rings. The standard InChI is InChI=1S/C21H25NO5.ClH/c23-14-4-3-12-10-16-21(25)6-5-15(24)19-20(21,17(12)18(14)27-19)7-8-22(16)11-13-2-1-9-26-13;/h3-4,13,16,19,23,25H,1-2,5-11H2;1H/t13?,16-,19+,20+,21-;/m1./s1. The van der Waals surface area contributed by atoms with Gasteiger partial charge in [0.1, 0.15) is 0 Å². The minimum Gasteiger partial charge on any atom is -0.504 e. The van der Waals surface area contributed by atoms with E-state index < -0.39 is 17.1 Å². The Labute approximate surface area is 170 Å². The van der Waals surface area contributed by atoms with E-state index in [0.717, 1.165) is 50.1 Å². The fourth-order valence-corrected chi connectivity index (χ4v) is 6.68. The number of hydrogen-bond acceptors (Lipinski definition) is 6. The van der Waals surface area contributed by atoms with Gasteiger partial charge in [0.2, 0.25) is 0 Å². The lowest BCUT2D eigenvalue weighted by Gasteiger charge is -2.62. The molecule has 152 valence electrons. The van der Waals surface area contributed by atoms with Gasteiger partial charge in [-0.05, 0) is 50.3 Å². The van der Waals surface area contributed by atoms with Crippen LogP contribution in [0.5, 0.6) is 11.5 Å². The third-order valence-electron chi connectivity index (χ3n) is 7.83. The van der Waals surface area contributed by atoms with Gasteiger partial charge in [-0.3, -0.25) is 9.69 Å². The maximum atomic E-state index is 12.8. The Hall–Kier alpha value is -1.34. The average Bonchev–Trinajstić information content (AvgIpc) is 3.27. The van der Waals surface area contributed by atoms with Crippen molar-refractivity contribution in [2.24, 2.45) is 0 Å². The second-order valence-corrected chi connectivity index (χ2v) is 8.91. The molecule has 6 nitrogen and oxygen atoms in total. The predicted molar refractivity (Wildman–Crippen MR) is 103 cm³/mol. The van der Waals surface area contributed by atoms with E-state index in [2.05, 4.69) is 4.90 Å². The molecule has 2 N–H and O–H groups in total. The summed E-state index contributed by atoms with van der Waals surface area (Å²) in [5.74, 6) is 0.555. The van der Waals surface area contributed by atoms with Crippen LogP contribution in [-0.4, -0.2) is 64.4 Å². The van der Waals surface area contributed by atoms with Crippen LogP contribution in [-0.2, 0) is 21.4 Å². The molecule has 7 heteroatoms. The van der Waals surface area contributed by atoms with E-state index >= 15 is 0 Å². The van der Waals surface area contributed by atoms with Crippen LogP contribution in [0.3, 0.4) is 0 Å². The zero-order valence-corrected chi connectivity index (χ0v) is 16.5. The summed E-state index contributed by atoms with van der Waals surface area (Å²) in [5, 5.41) is 22.4. The maximum absolute atomic E-state index is 12.8. The zero-order chi connectivity index (χ0) is 18.4. The van der Waals surface area contributed by atoms with Crippen LogP contribution < -0.4 is 4.74 Å². The van der Waals surface area contributed by atoms with Gasteiger partial charge >= 0.3 is 0 Å². The van der Waals surface area contributed by atoms with Crippen LogP contribution >= 0.6 is 12.4 Å². The van der Waals surface area contributed by atoms with Crippen molar-refractivity contribution in [3.63, 3.8) is 0 Å². The average molecular weight is 408 g/mol. The number of ether oxygens (including phenoxy) is 2. The Morgan fingerprint density at radius 3 is 2.93 bits per heavy atom. The molecule has 1 unspecified atom stereocenters. The van der Waals surface area contributed by atoms with Gasteiger partial charge in [-0.1, -0.05) is 6.07 Å². The van der Waals surface area contributed by atoms with E-state index in [1.54, 1.807) is 6.07 Å². The van der Waals surface area contributed by atoms with Crippen molar-refractivity contribution in [1.29, 1.82) is 0 Å². The summed E-state index contributed by atoms with van der Waals surface area (Å²) in [6.07, 6.45) is 3.93. The third-order valence-corrected chi connectivity index (χ3v) is 7.83. The van der Waals surface area contributed by atoms with Gasteiger partial charge < -0.3 is 19.7 Å². The number of aliphatic hydroxyl groups is 1. The molecule has 2 aliphatic carbocycles. The number of nitrogens with zero attached hydrogens (tertiary/aromatic N) is 1. The molecule has 1 aromatic carbocycles. The number of phenols is 1. The molecule has 3 aliphatic heterocycles. The number of Topliss-reactive ketones (excluding diaryl/α,β-unsaturated/α-hetero) is 1. The van der Waals surface area contributed by atoms with Crippen molar-refractivity contribution < 1.29 is 24.5 Å². The Morgan fingerprint density at radius 2 is 2.14 bits per heavy atom. The number of piperidine rings is 1. The normalized spacial score (nSPS) is 40.6. The fraction of sp³-hybridized carbons (Fsp3) is 0.667. The van der Waals surface area contributed by atoms with Gasteiger partial charge in [0.15, 0.2) is 23.4 Å². The summed E-state index contributed by atoms with van der Waals surface area (Å²) in [6.45, 7) is 2.48. The molecule has 28 heavy (non-hydrogen) atoms. The monoisotopic (exact) mass is 407 g/mol. The number of halogens is 1. The van der Waals surface area contributed by atoms with Crippen molar-refractivity contribution in [3.05, 3.63) is 23.3 Å². The van der Waals surface area contributed by atoms with Crippen LogP contribution in [0, 0.1) is 0 Å². The van der Waals surface area contributed by atoms with Gasteiger partial charge in [0.25, 0.3) is 0 Å².